The van der Waals surface area contributed by atoms with Gasteiger partial charge in [0.1, 0.15) is 11.9 Å². The Kier molecular flexibility index (Phi) is 6.18. The molecule has 2 aliphatic rings. The normalized spacial score (nSPS) is 21.9. The van der Waals surface area contributed by atoms with Crippen molar-refractivity contribution in [2.24, 2.45) is 0 Å². The van der Waals surface area contributed by atoms with Crippen LogP contribution in [0.15, 0.2) is 35.9 Å². The van der Waals surface area contributed by atoms with Crippen LogP contribution in [0, 0.1) is 5.82 Å². The van der Waals surface area contributed by atoms with E-state index < -0.39 is 0 Å². The average molecular weight is 348 g/mol. The number of hydrogen-bond acceptors (Lipinski definition) is 4. The van der Waals surface area contributed by atoms with Gasteiger partial charge in [-0.15, -0.1) is 0 Å². The highest BCUT2D eigenvalue weighted by Gasteiger charge is 2.26. The predicted octanol–water partition coefficient (Wildman–Crippen LogP) is 2.00. The second kappa shape index (κ2) is 8.56. The van der Waals surface area contributed by atoms with Crippen molar-refractivity contribution in [1.82, 2.24) is 9.80 Å². The van der Waals surface area contributed by atoms with Crippen molar-refractivity contribution < 1.29 is 18.7 Å². The first-order valence-corrected chi connectivity index (χ1v) is 8.70. The molecule has 2 heterocycles. The molecule has 1 aromatic carbocycles. The van der Waals surface area contributed by atoms with E-state index in [1.54, 1.807) is 19.2 Å². The summed E-state index contributed by atoms with van der Waals surface area (Å²) in [6.45, 7) is 4.39. The van der Waals surface area contributed by atoms with Crippen LogP contribution in [0.2, 0.25) is 0 Å². The number of carbonyl (C=O) groups is 1. The molecule has 1 saturated heterocycles. The maximum Gasteiger partial charge on any atom is 0.236 e. The molecule has 25 heavy (non-hydrogen) atoms. The van der Waals surface area contributed by atoms with E-state index in [1.165, 1.54) is 17.7 Å². The van der Waals surface area contributed by atoms with Crippen LogP contribution < -0.4 is 0 Å². The quantitative estimate of drug-likeness (QED) is 0.764. The minimum Gasteiger partial charge on any atom is -0.380 e. The number of hydrogen-bond donors (Lipinski definition) is 0. The molecular weight excluding hydrogens is 323 g/mol. The standard InChI is InChI=1S/C19H25FN2O3/c1-24-14-15-6-8-21(9-7-15)13-19(23)22-10-11-25-18(12-22)16-2-4-17(20)5-3-16/h2-6,18H,7-14H2,1H3. The Bertz CT molecular complexity index is 618. The monoisotopic (exact) mass is 348 g/mol. The van der Waals surface area contributed by atoms with Crippen molar-refractivity contribution in [3.05, 3.63) is 47.3 Å². The van der Waals surface area contributed by atoms with Crippen molar-refractivity contribution in [1.29, 1.82) is 0 Å². The molecule has 1 fully saturated rings. The molecule has 1 aromatic rings. The number of ether oxygens (including phenoxy) is 2. The second-order valence-corrected chi connectivity index (χ2v) is 6.53. The molecule has 1 amide bonds. The van der Waals surface area contributed by atoms with E-state index in [9.17, 15) is 9.18 Å². The zero-order chi connectivity index (χ0) is 17.6. The number of carbonyl (C=O) groups excluding carboxylic acids is 1. The van der Waals surface area contributed by atoms with Crippen molar-refractivity contribution >= 4 is 5.91 Å². The fourth-order valence-electron chi connectivity index (χ4n) is 3.26. The molecule has 0 N–H and O–H groups in total. The number of rotatable bonds is 5. The lowest BCUT2D eigenvalue weighted by molar-refractivity contribution is -0.140. The van der Waals surface area contributed by atoms with Gasteiger partial charge in [-0.2, -0.15) is 0 Å². The fourth-order valence-corrected chi connectivity index (χ4v) is 3.26. The number of amides is 1. The first-order chi connectivity index (χ1) is 12.2. The maximum absolute atomic E-state index is 13.1. The molecule has 2 aliphatic heterocycles. The summed E-state index contributed by atoms with van der Waals surface area (Å²) in [5.74, 6) is -0.141. The molecule has 0 aromatic heterocycles. The minimum absolute atomic E-state index is 0.124. The van der Waals surface area contributed by atoms with Crippen LogP contribution in [0.3, 0.4) is 0 Å². The molecule has 5 nitrogen and oxygen atoms in total. The van der Waals surface area contributed by atoms with Gasteiger partial charge in [-0.1, -0.05) is 18.2 Å². The molecule has 1 atom stereocenters. The van der Waals surface area contributed by atoms with Gasteiger partial charge >= 0.3 is 0 Å². The number of morpholine rings is 1. The Morgan fingerprint density at radius 2 is 2.12 bits per heavy atom. The van der Waals surface area contributed by atoms with Crippen molar-refractivity contribution in [3.63, 3.8) is 0 Å². The number of halogens is 1. The minimum atomic E-state index is -0.265. The van der Waals surface area contributed by atoms with E-state index in [1.807, 2.05) is 4.90 Å². The summed E-state index contributed by atoms with van der Waals surface area (Å²) in [6.07, 6.45) is 2.91. The summed E-state index contributed by atoms with van der Waals surface area (Å²) in [5.41, 5.74) is 2.21. The van der Waals surface area contributed by atoms with E-state index in [0.717, 1.165) is 25.1 Å². The van der Waals surface area contributed by atoms with Crippen LogP contribution in [0.4, 0.5) is 4.39 Å². The molecule has 0 saturated carbocycles. The van der Waals surface area contributed by atoms with Crippen LogP contribution in [0.1, 0.15) is 18.1 Å². The van der Waals surface area contributed by atoms with Crippen LogP contribution in [-0.4, -0.2) is 68.8 Å². The summed E-state index contributed by atoms with van der Waals surface area (Å²) in [6, 6.07) is 6.30. The molecule has 0 bridgehead atoms. The Labute approximate surface area is 148 Å². The number of benzene rings is 1. The van der Waals surface area contributed by atoms with Gasteiger partial charge in [-0.25, -0.2) is 4.39 Å². The summed E-state index contributed by atoms with van der Waals surface area (Å²) >= 11 is 0. The van der Waals surface area contributed by atoms with Gasteiger partial charge in [-0.3, -0.25) is 9.69 Å². The Balaban J connectivity index is 1.53. The first-order valence-electron chi connectivity index (χ1n) is 8.70. The largest absolute Gasteiger partial charge is 0.380 e. The van der Waals surface area contributed by atoms with Crippen molar-refractivity contribution in [2.75, 3.05) is 53.0 Å². The van der Waals surface area contributed by atoms with E-state index in [0.29, 0.717) is 32.8 Å². The second-order valence-electron chi connectivity index (χ2n) is 6.53. The molecule has 3 rings (SSSR count). The Hall–Kier alpha value is -1.76. The zero-order valence-corrected chi connectivity index (χ0v) is 14.6. The molecule has 0 radical (unpaired) electrons. The van der Waals surface area contributed by atoms with Gasteiger partial charge in [0, 0.05) is 26.7 Å². The van der Waals surface area contributed by atoms with Gasteiger partial charge in [0.2, 0.25) is 5.91 Å². The third kappa shape index (κ3) is 4.87. The van der Waals surface area contributed by atoms with Crippen molar-refractivity contribution in [3.8, 4) is 0 Å². The number of nitrogens with zero attached hydrogens (tertiary/aromatic N) is 2. The molecular formula is C19H25FN2O3. The topological polar surface area (TPSA) is 42.0 Å². The number of methoxy groups -OCH3 is 1. The smallest absolute Gasteiger partial charge is 0.236 e. The van der Waals surface area contributed by atoms with Gasteiger partial charge in [0.15, 0.2) is 0 Å². The lowest BCUT2D eigenvalue weighted by Crippen LogP contribution is -2.47. The SMILES string of the molecule is COCC1=CCN(CC(=O)N2CCOC(c3ccc(F)cc3)C2)CC1. The maximum atomic E-state index is 13.1. The van der Waals surface area contributed by atoms with Gasteiger partial charge in [0.05, 0.1) is 26.3 Å². The van der Waals surface area contributed by atoms with Gasteiger partial charge in [-0.05, 0) is 29.7 Å². The van der Waals surface area contributed by atoms with E-state index in [4.69, 9.17) is 9.47 Å². The van der Waals surface area contributed by atoms with Gasteiger partial charge < -0.3 is 14.4 Å². The van der Waals surface area contributed by atoms with E-state index in [2.05, 4.69) is 11.0 Å². The third-order valence-corrected chi connectivity index (χ3v) is 4.74. The van der Waals surface area contributed by atoms with Gasteiger partial charge in [0.25, 0.3) is 0 Å². The molecule has 0 spiro atoms. The first kappa shape index (κ1) is 18.0. The molecule has 1 unspecified atom stereocenters. The molecule has 136 valence electrons. The third-order valence-electron chi connectivity index (χ3n) is 4.74. The van der Waals surface area contributed by atoms with Crippen LogP contribution >= 0.6 is 0 Å². The molecule has 6 heteroatoms. The summed E-state index contributed by atoms with van der Waals surface area (Å²) in [4.78, 5) is 16.6. The van der Waals surface area contributed by atoms with Crippen LogP contribution in [0.25, 0.3) is 0 Å². The summed E-state index contributed by atoms with van der Waals surface area (Å²) in [5, 5.41) is 0. The van der Waals surface area contributed by atoms with Crippen LogP contribution in [-0.2, 0) is 14.3 Å². The van der Waals surface area contributed by atoms with Crippen LogP contribution in [0.5, 0.6) is 0 Å². The average Bonchev–Trinajstić information content (AvgIpc) is 2.64. The molecule has 0 aliphatic carbocycles. The lowest BCUT2D eigenvalue weighted by atomic mass is 10.1. The predicted molar refractivity (Wildman–Crippen MR) is 92.7 cm³/mol. The highest BCUT2D eigenvalue weighted by atomic mass is 19.1. The van der Waals surface area contributed by atoms with E-state index >= 15 is 0 Å². The summed E-state index contributed by atoms with van der Waals surface area (Å²) in [7, 11) is 1.70. The zero-order valence-electron chi connectivity index (χ0n) is 14.6. The highest BCUT2D eigenvalue weighted by molar-refractivity contribution is 5.78. The highest BCUT2D eigenvalue weighted by Crippen LogP contribution is 2.23. The van der Waals surface area contributed by atoms with E-state index in [-0.39, 0.29) is 17.8 Å². The Morgan fingerprint density at radius 3 is 2.80 bits per heavy atom. The van der Waals surface area contributed by atoms with Crippen molar-refractivity contribution in [2.45, 2.75) is 12.5 Å². The Morgan fingerprint density at radius 1 is 1.32 bits per heavy atom. The lowest BCUT2D eigenvalue weighted by Gasteiger charge is -2.35. The fraction of sp³-hybridized carbons (Fsp3) is 0.526. The summed E-state index contributed by atoms with van der Waals surface area (Å²) < 4.78 is 24.0.